The van der Waals surface area contributed by atoms with Gasteiger partial charge in [0.15, 0.2) is 5.78 Å². The van der Waals surface area contributed by atoms with Gasteiger partial charge in [0, 0.05) is 38.3 Å². The van der Waals surface area contributed by atoms with Crippen molar-refractivity contribution in [3.63, 3.8) is 0 Å². The molecule has 1 fully saturated rings. The lowest BCUT2D eigenvalue weighted by atomic mass is 10.1. The van der Waals surface area contributed by atoms with Gasteiger partial charge in [-0.25, -0.2) is 0 Å². The molecule has 0 spiro atoms. The fourth-order valence-corrected chi connectivity index (χ4v) is 2.17. The standard InChI is InChI=1S/C15H22N2O2.ClH/c1-13(18)14-4-3-5-15(12-14)19-11-10-17-8-6-16(2)7-9-17;/h3-5,12H,6-11H2,1-2H3;1H. The predicted octanol–water partition coefficient (Wildman–Crippen LogP) is 1.94. The van der Waals surface area contributed by atoms with Crippen LogP contribution in [0.4, 0.5) is 0 Å². The molecule has 0 N–H and O–H groups in total. The Morgan fingerprint density at radius 3 is 2.60 bits per heavy atom. The van der Waals surface area contributed by atoms with Crippen LogP contribution in [0.5, 0.6) is 5.75 Å². The lowest BCUT2D eigenvalue weighted by Gasteiger charge is -2.32. The minimum Gasteiger partial charge on any atom is -0.492 e. The van der Waals surface area contributed by atoms with Crippen LogP contribution in [0.1, 0.15) is 17.3 Å². The van der Waals surface area contributed by atoms with Crippen molar-refractivity contribution in [2.24, 2.45) is 0 Å². The summed E-state index contributed by atoms with van der Waals surface area (Å²) in [7, 11) is 2.15. The fourth-order valence-electron chi connectivity index (χ4n) is 2.17. The lowest BCUT2D eigenvalue weighted by molar-refractivity contribution is 0.101. The molecule has 20 heavy (non-hydrogen) atoms. The lowest BCUT2D eigenvalue weighted by Crippen LogP contribution is -2.45. The van der Waals surface area contributed by atoms with Crippen molar-refractivity contribution in [2.75, 3.05) is 46.4 Å². The molecule has 4 nitrogen and oxygen atoms in total. The van der Waals surface area contributed by atoms with Gasteiger partial charge in [-0.05, 0) is 26.1 Å². The molecular formula is C15H23ClN2O2. The Labute approximate surface area is 127 Å². The molecule has 0 aliphatic carbocycles. The van der Waals surface area contributed by atoms with Crippen LogP contribution in [0.3, 0.4) is 0 Å². The summed E-state index contributed by atoms with van der Waals surface area (Å²) in [5.74, 6) is 0.853. The van der Waals surface area contributed by atoms with E-state index in [0.29, 0.717) is 12.2 Å². The first-order valence-corrected chi connectivity index (χ1v) is 6.80. The zero-order valence-corrected chi connectivity index (χ0v) is 13.0. The van der Waals surface area contributed by atoms with Crippen molar-refractivity contribution in [3.05, 3.63) is 29.8 Å². The molecule has 0 atom stereocenters. The van der Waals surface area contributed by atoms with Crippen LogP contribution < -0.4 is 4.74 Å². The fraction of sp³-hybridized carbons (Fsp3) is 0.533. The summed E-state index contributed by atoms with van der Waals surface area (Å²) in [6.07, 6.45) is 0. The number of rotatable bonds is 5. The minimum absolute atomic E-state index is 0. The highest BCUT2D eigenvalue weighted by molar-refractivity contribution is 5.94. The SMILES string of the molecule is CC(=O)c1cccc(OCCN2CCN(C)CC2)c1.Cl. The summed E-state index contributed by atoms with van der Waals surface area (Å²) in [4.78, 5) is 16.0. The number of ether oxygens (including phenoxy) is 1. The molecule has 112 valence electrons. The van der Waals surface area contributed by atoms with E-state index in [1.165, 1.54) is 0 Å². The van der Waals surface area contributed by atoms with E-state index in [1.54, 1.807) is 6.92 Å². The zero-order chi connectivity index (χ0) is 13.7. The zero-order valence-electron chi connectivity index (χ0n) is 12.2. The molecular weight excluding hydrogens is 276 g/mol. The maximum Gasteiger partial charge on any atom is 0.159 e. The number of hydrogen-bond acceptors (Lipinski definition) is 4. The highest BCUT2D eigenvalue weighted by Gasteiger charge is 2.13. The molecule has 0 unspecified atom stereocenters. The van der Waals surface area contributed by atoms with Crippen LogP contribution in [0.15, 0.2) is 24.3 Å². The molecule has 1 aromatic rings. The van der Waals surface area contributed by atoms with E-state index in [4.69, 9.17) is 4.74 Å². The van der Waals surface area contributed by atoms with E-state index in [1.807, 2.05) is 24.3 Å². The van der Waals surface area contributed by atoms with E-state index in [2.05, 4.69) is 16.8 Å². The molecule has 0 amide bonds. The summed E-state index contributed by atoms with van der Waals surface area (Å²) in [5.41, 5.74) is 0.706. The smallest absolute Gasteiger partial charge is 0.159 e. The van der Waals surface area contributed by atoms with Crippen molar-refractivity contribution in [1.29, 1.82) is 0 Å². The minimum atomic E-state index is 0. The third-order valence-electron chi connectivity index (χ3n) is 3.51. The van der Waals surface area contributed by atoms with E-state index >= 15 is 0 Å². The van der Waals surface area contributed by atoms with Gasteiger partial charge in [-0.3, -0.25) is 9.69 Å². The van der Waals surface area contributed by atoms with Crippen LogP contribution in [-0.4, -0.2) is 62.0 Å². The molecule has 5 heteroatoms. The largest absolute Gasteiger partial charge is 0.492 e. The van der Waals surface area contributed by atoms with Gasteiger partial charge in [0.2, 0.25) is 0 Å². The maximum absolute atomic E-state index is 11.3. The second-order valence-electron chi connectivity index (χ2n) is 5.08. The normalized spacial score (nSPS) is 16.5. The summed E-state index contributed by atoms with van der Waals surface area (Å²) < 4.78 is 5.72. The Balaban J connectivity index is 0.00000200. The molecule has 0 aromatic heterocycles. The van der Waals surface area contributed by atoms with Crippen LogP contribution >= 0.6 is 12.4 Å². The molecule has 0 bridgehead atoms. The Morgan fingerprint density at radius 1 is 1.25 bits per heavy atom. The molecule has 0 radical (unpaired) electrons. The van der Waals surface area contributed by atoms with Gasteiger partial charge < -0.3 is 9.64 Å². The number of Topliss-reactive ketones (excluding diaryl/α,β-unsaturated/α-hetero) is 1. The van der Waals surface area contributed by atoms with Crippen LogP contribution in [0, 0.1) is 0 Å². The monoisotopic (exact) mass is 298 g/mol. The Kier molecular flexibility index (Phi) is 6.99. The van der Waals surface area contributed by atoms with Crippen molar-refractivity contribution in [2.45, 2.75) is 6.92 Å². The highest BCUT2D eigenvalue weighted by Crippen LogP contribution is 2.13. The van der Waals surface area contributed by atoms with Crippen molar-refractivity contribution in [3.8, 4) is 5.75 Å². The van der Waals surface area contributed by atoms with E-state index in [0.717, 1.165) is 38.5 Å². The Hall–Kier alpha value is -1.10. The number of likely N-dealkylation sites (N-methyl/N-ethyl adjacent to an activating group) is 1. The number of nitrogens with zero attached hydrogens (tertiary/aromatic N) is 2. The Bertz CT molecular complexity index is 432. The summed E-state index contributed by atoms with van der Waals surface area (Å²) in [5, 5.41) is 0. The number of hydrogen-bond donors (Lipinski definition) is 0. The molecule has 1 aliphatic rings. The van der Waals surface area contributed by atoms with Crippen molar-refractivity contribution >= 4 is 18.2 Å². The number of halogens is 1. The number of benzene rings is 1. The van der Waals surface area contributed by atoms with Gasteiger partial charge in [-0.15, -0.1) is 12.4 Å². The Morgan fingerprint density at radius 2 is 1.95 bits per heavy atom. The molecule has 2 rings (SSSR count). The number of carbonyl (C=O) groups excluding carboxylic acids is 1. The maximum atomic E-state index is 11.3. The topological polar surface area (TPSA) is 32.8 Å². The third kappa shape index (κ3) is 5.12. The van der Waals surface area contributed by atoms with E-state index < -0.39 is 0 Å². The molecule has 1 aliphatic heterocycles. The highest BCUT2D eigenvalue weighted by atomic mass is 35.5. The number of carbonyl (C=O) groups is 1. The van der Waals surface area contributed by atoms with Crippen LogP contribution in [-0.2, 0) is 0 Å². The average molecular weight is 299 g/mol. The van der Waals surface area contributed by atoms with Gasteiger partial charge in [0.25, 0.3) is 0 Å². The van der Waals surface area contributed by atoms with E-state index in [9.17, 15) is 4.79 Å². The van der Waals surface area contributed by atoms with E-state index in [-0.39, 0.29) is 18.2 Å². The summed E-state index contributed by atoms with van der Waals surface area (Å²) >= 11 is 0. The molecule has 1 heterocycles. The quantitative estimate of drug-likeness (QED) is 0.778. The van der Waals surface area contributed by atoms with Gasteiger partial charge in [-0.1, -0.05) is 12.1 Å². The molecule has 1 saturated heterocycles. The number of ketones is 1. The summed E-state index contributed by atoms with van der Waals surface area (Å²) in [6.45, 7) is 7.65. The van der Waals surface area contributed by atoms with Gasteiger partial charge in [-0.2, -0.15) is 0 Å². The van der Waals surface area contributed by atoms with Crippen molar-refractivity contribution in [1.82, 2.24) is 9.80 Å². The van der Waals surface area contributed by atoms with Gasteiger partial charge >= 0.3 is 0 Å². The third-order valence-corrected chi connectivity index (χ3v) is 3.51. The molecule has 1 aromatic carbocycles. The van der Waals surface area contributed by atoms with Crippen LogP contribution in [0.25, 0.3) is 0 Å². The van der Waals surface area contributed by atoms with Gasteiger partial charge in [0.05, 0.1) is 0 Å². The predicted molar refractivity (Wildman–Crippen MR) is 83.1 cm³/mol. The van der Waals surface area contributed by atoms with Gasteiger partial charge in [0.1, 0.15) is 12.4 Å². The average Bonchev–Trinajstić information content (AvgIpc) is 2.41. The van der Waals surface area contributed by atoms with Crippen molar-refractivity contribution < 1.29 is 9.53 Å². The summed E-state index contributed by atoms with van der Waals surface area (Å²) in [6, 6.07) is 7.39. The first-order chi connectivity index (χ1) is 9.15. The first kappa shape index (κ1) is 17.0. The first-order valence-electron chi connectivity index (χ1n) is 6.80. The molecule has 0 saturated carbocycles. The second-order valence-corrected chi connectivity index (χ2v) is 5.08. The number of piperazine rings is 1. The van der Waals surface area contributed by atoms with Crippen LogP contribution in [0.2, 0.25) is 0 Å². The second kappa shape index (κ2) is 8.25.